The third-order valence-corrected chi connectivity index (χ3v) is 4.58. The second-order valence-electron chi connectivity index (χ2n) is 4.74. The van der Waals surface area contributed by atoms with Gasteiger partial charge in [-0.2, -0.15) is 0 Å². The van der Waals surface area contributed by atoms with Gasteiger partial charge in [-0.3, -0.25) is 0 Å². The van der Waals surface area contributed by atoms with E-state index in [2.05, 4.69) is 20.5 Å². The van der Waals surface area contributed by atoms with Crippen molar-refractivity contribution in [1.29, 1.82) is 0 Å². The first kappa shape index (κ1) is 14.2. The summed E-state index contributed by atoms with van der Waals surface area (Å²) < 4.78 is 2.10. The van der Waals surface area contributed by atoms with Crippen LogP contribution in [0.15, 0.2) is 36.4 Å². The maximum atomic E-state index is 9.94. The second-order valence-corrected chi connectivity index (χ2v) is 6.26. The number of rotatable bonds is 3. The quantitative estimate of drug-likeness (QED) is 0.652. The molecule has 0 radical (unpaired) electrons. The van der Waals surface area contributed by atoms with Crippen molar-refractivity contribution < 1.29 is 5.11 Å². The van der Waals surface area contributed by atoms with E-state index in [0.717, 1.165) is 21.8 Å². The standard InChI is InChI=1S/C15H12BrCl2NO/c16-7-11(20)8-19-14-3-1-9(17)5-12(14)13-6-10(18)2-4-15(13)19/h1-6,11,20H,7-8H2/t11-/m1/s1. The van der Waals surface area contributed by atoms with Gasteiger partial charge in [-0.15, -0.1) is 0 Å². The Kier molecular flexibility index (Phi) is 3.95. The van der Waals surface area contributed by atoms with Crippen molar-refractivity contribution in [2.75, 3.05) is 5.33 Å². The lowest BCUT2D eigenvalue weighted by Crippen LogP contribution is -2.16. The van der Waals surface area contributed by atoms with Gasteiger partial charge < -0.3 is 9.67 Å². The van der Waals surface area contributed by atoms with Crippen molar-refractivity contribution >= 4 is 60.9 Å². The van der Waals surface area contributed by atoms with Gasteiger partial charge in [-0.25, -0.2) is 0 Å². The molecule has 0 fully saturated rings. The van der Waals surface area contributed by atoms with E-state index in [1.165, 1.54) is 0 Å². The SMILES string of the molecule is O[C@H](CBr)Cn1c2ccc(Cl)cc2c2cc(Cl)ccc21. The van der Waals surface area contributed by atoms with Crippen molar-refractivity contribution in [2.45, 2.75) is 12.6 Å². The zero-order chi connectivity index (χ0) is 14.3. The molecule has 1 N–H and O–H groups in total. The first-order valence-corrected chi connectivity index (χ1v) is 8.09. The number of nitrogens with zero attached hydrogens (tertiary/aromatic N) is 1. The van der Waals surface area contributed by atoms with E-state index in [1.807, 2.05) is 36.4 Å². The van der Waals surface area contributed by atoms with Crippen molar-refractivity contribution in [3.05, 3.63) is 46.4 Å². The maximum absolute atomic E-state index is 9.94. The normalized spacial score (nSPS) is 13.2. The largest absolute Gasteiger partial charge is 0.390 e. The highest BCUT2D eigenvalue weighted by atomic mass is 79.9. The van der Waals surface area contributed by atoms with Gasteiger partial charge in [0.1, 0.15) is 0 Å². The number of hydrogen-bond acceptors (Lipinski definition) is 1. The van der Waals surface area contributed by atoms with Crippen LogP contribution >= 0.6 is 39.1 Å². The minimum absolute atomic E-state index is 0.444. The van der Waals surface area contributed by atoms with Crippen LogP contribution in [-0.4, -0.2) is 21.1 Å². The van der Waals surface area contributed by atoms with Crippen LogP contribution in [0.3, 0.4) is 0 Å². The molecule has 3 rings (SSSR count). The van der Waals surface area contributed by atoms with Gasteiger partial charge in [-0.05, 0) is 36.4 Å². The topological polar surface area (TPSA) is 25.2 Å². The summed E-state index contributed by atoms with van der Waals surface area (Å²) >= 11 is 15.5. The number of aliphatic hydroxyl groups is 1. The Hall–Kier alpha value is -0.740. The van der Waals surface area contributed by atoms with Gasteiger partial charge in [0, 0.05) is 43.7 Å². The molecule has 1 atom stereocenters. The number of fused-ring (bicyclic) bond motifs is 3. The third kappa shape index (κ3) is 2.44. The highest BCUT2D eigenvalue weighted by Gasteiger charge is 2.13. The number of aliphatic hydroxyl groups excluding tert-OH is 1. The highest BCUT2D eigenvalue weighted by Crippen LogP contribution is 2.33. The first-order chi connectivity index (χ1) is 9.60. The number of alkyl halides is 1. The van der Waals surface area contributed by atoms with Gasteiger partial charge >= 0.3 is 0 Å². The van der Waals surface area contributed by atoms with Crippen LogP contribution in [-0.2, 0) is 6.54 Å². The summed E-state index contributed by atoms with van der Waals surface area (Å²) in [5, 5.41) is 14.0. The van der Waals surface area contributed by atoms with E-state index in [1.54, 1.807) is 0 Å². The molecule has 0 aliphatic rings. The molecule has 0 spiro atoms. The molecule has 2 nitrogen and oxygen atoms in total. The van der Waals surface area contributed by atoms with Crippen molar-refractivity contribution in [3.8, 4) is 0 Å². The van der Waals surface area contributed by atoms with Crippen molar-refractivity contribution in [2.24, 2.45) is 0 Å². The predicted molar refractivity (Wildman–Crippen MR) is 89.3 cm³/mol. The monoisotopic (exact) mass is 371 g/mol. The van der Waals surface area contributed by atoms with Gasteiger partial charge in [0.05, 0.1) is 6.10 Å². The molecule has 2 aromatic carbocycles. The van der Waals surface area contributed by atoms with E-state index in [4.69, 9.17) is 23.2 Å². The lowest BCUT2D eigenvalue weighted by atomic mass is 10.1. The first-order valence-electron chi connectivity index (χ1n) is 6.21. The van der Waals surface area contributed by atoms with Crippen molar-refractivity contribution in [1.82, 2.24) is 4.57 Å². The number of halogens is 3. The fraction of sp³-hybridized carbons (Fsp3) is 0.200. The molecular weight excluding hydrogens is 361 g/mol. The van der Waals surface area contributed by atoms with E-state index >= 15 is 0 Å². The number of hydrogen-bond donors (Lipinski definition) is 1. The molecule has 0 saturated heterocycles. The molecule has 0 amide bonds. The smallest absolute Gasteiger partial charge is 0.0815 e. The van der Waals surface area contributed by atoms with Crippen LogP contribution < -0.4 is 0 Å². The van der Waals surface area contributed by atoms with Crippen LogP contribution in [0.5, 0.6) is 0 Å². The van der Waals surface area contributed by atoms with Crippen LogP contribution in [0.25, 0.3) is 21.8 Å². The maximum Gasteiger partial charge on any atom is 0.0815 e. The Morgan fingerprint density at radius 2 is 1.50 bits per heavy atom. The van der Waals surface area contributed by atoms with Crippen LogP contribution in [0.1, 0.15) is 0 Å². The van der Waals surface area contributed by atoms with Gasteiger partial charge in [0.2, 0.25) is 0 Å². The Morgan fingerprint density at radius 1 is 1.00 bits per heavy atom. The summed E-state index contributed by atoms with van der Waals surface area (Å²) in [7, 11) is 0. The molecule has 20 heavy (non-hydrogen) atoms. The van der Waals surface area contributed by atoms with Crippen LogP contribution in [0, 0.1) is 0 Å². The molecule has 0 unspecified atom stereocenters. The molecule has 3 aromatic rings. The predicted octanol–water partition coefficient (Wildman–Crippen LogP) is 4.86. The fourth-order valence-electron chi connectivity index (χ4n) is 2.50. The summed E-state index contributed by atoms with van der Waals surface area (Å²) in [6.45, 7) is 0.522. The molecule has 5 heteroatoms. The molecule has 104 valence electrons. The minimum atomic E-state index is -0.444. The lowest BCUT2D eigenvalue weighted by molar-refractivity contribution is 0.182. The number of aromatic nitrogens is 1. The van der Waals surface area contributed by atoms with Gasteiger partial charge in [0.15, 0.2) is 0 Å². The summed E-state index contributed by atoms with van der Waals surface area (Å²) in [6, 6.07) is 11.6. The average Bonchev–Trinajstić information content (AvgIpc) is 2.72. The molecule has 0 aliphatic carbocycles. The fourth-order valence-corrected chi connectivity index (χ4v) is 3.05. The Labute approximate surface area is 135 Å². The van der Waals surface area contributed by atoms with E-state index in [-0.39, 0.29) is 0 Å². The van der Waals surface area contributed by atoms with E-state index in [0.29, 0.717) is 21.9 Å². The minimum Gasteiger partial charge on any atom is -0.390 e. The number of benzene rings is 2. The van der Waals surface area contributed by atoms with E-state index < -0.39 is 6.10 Å². The molecule has 0 aliphatic heterocycles. The Balaban J connectivity index is 2.34. The van der Waals surface area contributed by atoms with E-state index in [9.17, 15) is 5.11 Å². The Morgan fingerprint density at radius 3 is 1.95 bits per heavy atom. The zero-order valence-electron chi connectivity index (χ0n) is 10.5. The van der Waals surface area contributed by atoms with Crippen LogP contribution in [0.2, 0.25) is 10.0 Å². The lowest BCUT2D eigenvalue weighted by Gasteiger charge is -2.11. The van der Waals surface area contributed by atoms with Gasteiger partial charge in [-0.1, -0.05) is 39.1 Å². The van der Waals surface area contributed by atoms with Crippen LogP contribution in [0.4, 0.5) is 0 Å². The molecular formula is C15H12BrCl2NO. The summed E-state index contributed by atoms with van der Waals surface area (Å²) in [5.41, 5.74) is 2.10. The zero-order valence-corrected chi connectivity index (χ0v) is 13.6. The Bertz CT molecular complexity index is 725. The van der Waals surface area contributed by atoms with Gasteiger partial charge in [0.25, 0.3) is 0 Å². The average molecular weight is 373 g/mol. The highest BCUT2D eigenvalue weighted by molar-refractivity contribution is 9.09. The summed E-state index contributed by atoms with van der Waals surface area (Å²) in [4.78, 5) is 0. The third-order valence-electron chi connectivity index (χ3n) is 3.36. The van der Waals surface area contributed by atoms with Crippen molar-refractivity contribution in [3.63, 3.8) is 0 Å². The second kappa shape index (κ2) is 5.57. The summed E-state index contributed by atoms with van der Waals surface area (Å²) in [5.74, 6) is 0. The molecule has 1 aromatic heterocycles. The molecule has 0 bridgehead atoms. The molecule has 1 heterocycles. The molecule has 0 saturated carbocycles. The summed E-state index contributed by atoms with van der Waals surface area (Å²) in [6.07, 6.45) is -0.444.